The Balaban J connectivity index is 1.83. The van der Waals surface area contributed by atoms with E-state index in [2.05, 4.69) is 10.6 Å². The minimum absolute atomic E-state index is 0.130. The van der Waals surface area contributed by atoms with E-state index in [1.807, 2.05) is 0 Å². The Bertz CT molecular complexity index is 419. The maximum Gasteiger partial charge on any atom is 0.319 e. The van der Waals surface area contributed by atoms with Gasteiger partial charge in [-0.25, -0.2) is 9.18 Å². The number of amides is 2. The van der Waals surface area contributed by atoms with Crippen LogP contribution in [0.1, 0.15) is 19.3 Å². The van der Waals surface area contributed by atoms with Crippen molar-refractivity contribution in [3.8, 4) is 0 Å². The summed E-state index contributed by atoms with van der Waals surface area (Å²) in [5, 5.41) is 14.7. The number of hydrogen-bond acceptors (Lipinski definition) is 2. The fourth-order valence-electron chi connectivity index (χ4n) is 1.74. The fourth-order valence-corrected chi connectivity index (χ4v) is 1.74. The van der Waals surface area contributed by atoms with Crippen LogP contribution in [0, 0.1) is 5.82 Å². The third kappa shape index (κ3) is 2.94. The number of para-hydroxylation sites is 1. The first-order chi connectivity index (χ1) is 8.09. The molecule has 0 spiro atoms. The Kier molecular flexibility index (Phi) is 3.28. The lowest BCUT2D eigenvalue weighted by molar-refractivity contribution is -0.0287. The summed E-state index contributed by atoms with van der Waals surface area (Å²) in [6.07, 6.45) is 2.38. The smallest absolute Gasteiger partial charge is 0.319 e. The first-order valence-electron chi connectivity index (χ1n) is 5.61. The second-order valence-electron chi connectivity index (χ2n) is 4.37. The number of hydrogen-bond donors (Lipinski definition) is 3. The number of carbonyl (C=O) groups is 1. The van der Waals surface area contributed by atoms with Gasteiger partial charge in [-0.05, 0) is 31.4 Å². The number of carbonyl (C=O) groups excluding carboxylic acids is 1. The molecular weight excluding hydrogens is 223 g/mol. The molecule has 92 valence electrons. The summed E-state index contributed by atoms with van der Waals surface area (Å²) in [7, 11) is 0. The zero-order valence-electron chi connectivity index (χ0n) is 9.37. The number of aliphatic hydroxyl groups is 1. The molecule has 0 saturated heterocycles. The molecule has 1 aromatic carbocycles. The average Bonchev–Trinajstić information content (AvgIpc) is 2.27. The summed E-state index contributed by atoms with van der Waals surface area (Å²) in [5.41, 5.74) is -0.641. The molecule has 1 aliphatic rings. The molecule has 1 aliphatic carbocycles. The molecular formula is C12H15FN2O2. The highest BCUT2D eigenvalue weighted by atomic mass is 19.1. The van der Waals surface area contributed by atoms with Gasteiger partial charge in [-0.3, -0.25) is 0 Å². The highest BCUT2D eigenvalue weighted by molar-refractivity contribution is 5.89. The Morgan fingerprint density at radius 2 is 2.12 bits per heavy atom. The molecule has 0 aromatic heterocycles. The number of anilines is 1. The van der Waals surface area contributed by atoms with Crippen LogP contribution in [0.5, 0.6) is 0 Å². The monoisotopic (exact) mass is 238 g/mol. The number of urea groups is 1. The van der Waals surface area contributed by atoms with E-state index in [0.717, 1.165) is 6.42 Å². The molecule has 0 aliphatic heterocycles. The minimum Gasteiger partial charge on any atom is -0.388 e. The third-order valence-electron chi connectivity index (χ3n) is 2.98. The van der Waals surface area contributed by atoms with Gasteiger partial charge in [0.15, 0.2) is 0 Å². The van der Waals surface area contributed by atoms with Gasteiger partial charge in [0.25, 0.3) is 0 Å². The summed E-state index contributed by atoms with van der Waals surface area (Å²) < 4.78 is 13.2. The number of benzene rings is 1. The van der Waals surface area contributed by atoms with E-state index in [-0.39, 0.29) is 12.2 Å². The van der Waals surface area contributed by atoms with E-state index in [9.17, 15) is 14.3 Å². The van der Waals surface area contributed by atoms with Crippen LogP contribution in [0.25, 0.3) is 0 Å². The average molecular weight is 238 g/mol. The van der Waals surface area contributed by atoms with Crippen LogP contribution < -0.4 is 10.6 Å². The SMILES string of the molecule is O=C(NCC1(O)CCC1)Nc1ccccc1F. The summed E-state index contributed by atoms with van der Waals surface area (Å²) in [5.74, 6) is -0.481. The van der Waals surface area contributed by atoms with Crippen LogP contribution in [0.2, 0.25) is 0 Å². The van der Waals surface area contributed by atoms with Crippen molar-refractivity contribution in [1.29, 1.82) is 0 Å². The normalized spacial score (nSPS) is 17.1. The molecule has 1 aromatic rings. The van der Waals surface area contributed by atoms with Gasteiger partial charge in [-0.2, -0.15) is 0 Å². The predicted molar refractivity (Wildman–Crippen MR) is 62.2 cm³/mol. The molecule has 0 bridgehead atoms. The molecule has 0 radical (unpaired) electrons. The zero-order valence-corrected chi connectivity index (χ0v) is 9.37. The maximum absolute atomic E-state index is 13.2. The zero-order chi connectivity index (χ0) is 12.3. The molecule has 0 heterocycles. The van der Waals surface area contributed by atoms with Crippen molar-refractivity contribution in [3.05, 3.63) is 30.1 Å². The Hall–Kier alpha value is -1.62. The summed E-state index contributed by atoms with van der Waals surface area (Å²) in [4.78, 5) is 11.5. The van der Waals surface area contributed by atoms with E-state index in [1.54, 1.807) is 12.1 Å². The van der Waals surface area contributed by atoms with Gasteiger partial charge in [-0.1, -0.05) is 12.1 Å². The van der Waals surface area contributed by atoms with Crippen LogP contribution in [-0.2, 0) is 0 Å². The number of rotatable bonds is 3. The first kappa shape index (κ1) is 11.9. The predicted octanol–water partition coefficient (Wildman–Crippen LogP) is 1.86. The number of nitrogens with one attached hydrogen (secondary N) is 2. The summed E-state index contributed by atoms with van der Waals surface area (Å²) >= 11 is 0. The summed E-state index contributed by atoms with van der Waals surface area (Å²) in [6.45, 7) is 0.202. The van der Waals surface area contributed by atoms with Crippen molar-refractivity contribution in [2.75, 3.05) is 11.9 Å². The quantitative estimate of drug-likeness (QED) is 0.752. The second-order valence-corrected chi connectivity index (χ2v) is 4.37. The number of halogens is 1. The van der Waals surface area contributed by atoms with Gasteiger partial charge in [0.2, 0.25) is 0 Å². The largest absolute Gasteiger partial charge is 0.388 e. The van der Waals surface area contributed by atoms with Gasteiger partial charge < -0.3 is 15.7 Å². The molecule has 0 unspecified atom stereocenters. The second kappa shape index (κ2) is 4.71. The molecule has 17 heavy (non-hydrogen) atoms. The first-order valence-corrected chi connectivity index (χ1v) is 5.61. The van der Waals surface area contributed by atoms with Crippen LogP contribution in [0.4, 0.5) is 14.9 Å². The van der Waals surface area contributed by atoms with Gasteiger partial charge in [0.05, 0.1) is 11.3 Å². The van der Waals surface area contributed by atoms with Gasteiger partial charge in [0.1, 0.15) is 5.82 Å². The van der Waals surface area contributed by atoms with E-state index in [0.29, 0.717) is 12.8 Å². The van der Waals surface area contributed by atoms with Crippen LogP contribution in [0.3, 0.4) is 0 Å². The Morgan fingerprint density at radius 3 is 2.71 bits per heavy atom. The van der Waals surface area contributed by atoms with Gasteiger partial charge in [-0.15, -0.1) is 0 Å². The molecule has 0 atom stereocenters. The fraction of sp³-hybridized carbons (Fsp3) is 0.417. The van der Waals surface area contributed by atoms with Crippen molar-refractivity contribution < 1.29 is 14.3 Å². The lowest BCUT2D eigenvalue weighted by Crippen LogP contribution is -2.48. The van der Waals surface area contributed by atoms with E-state index in [4.69, 9.17) is 0 Å². The van der Waals surface area contributed by atoms with Crippen molar-refractivity contribution >= 4 is 11.7 Å². The molecule has 1 saturated carbocycles. The molecule has 3 N–H and O–H groups in total. The van der Waals surface area contributed by atoms with Crippen molar-refractivity contribution in [3.63, 3.8) is 0 Å². The van der Waals surface area contributed by atoms with E-state index >= 15 is 0 Å². The Morgan fingerprint density at radius 1 is 1.41 bits per heavy atom. The van der Waals surface area contributed by atoms with Crippen LogP contribution in [-0.4, -0.2) is 23.3 Å². The standard InChI is InChI=1S/C12H15FN2O2/c13-9-4-1-2-5-10(9)15-11(16)14-8-12(17)6-3-7-12/h1-2,4-5,17H,3,6-8H2,(H2,14,15,16). The highest BCUT2D eigenvalue weighted by Gasteiger charge is 2.34. The molecule has 4 nitrogen and oxygen atoms in total. The molecule has 1 fully saturated rings. The molecule has 5 heteroatoms. The van der Waals surface area contributed by atoms with Crippen molar-refractivity contribution in [2.45, 2.75) is 24.9 Å². The van der Waals surface area contributed by atoms with E-state index < -0.39 is 17.4 Å². The topological polar surface area (TPSA) is 61.4 Å². The van der Waals surface area contributed by atoms with Crippen LogP contribution >= 0.6 is 0 Å². The summed E-state index contributed by atoms with van der Waals surface area (Å²) in [6, 6.07) is 5.44. The van der Waals surface area contributed by atoms with Crippen molar-refractivity contribution in [1.82, 2.24) is 5.32 Å². The third-order valence-corrected chi connectivity index (χ3v) is 2.98. The molecule has 2 amide bonds. The Labute approximate surface area is 98.8 Å². The minimum atomic E-state index is -0.771. The van der Waals surface area contributed by atoms with Gasteiger partial charge in [0, 0.05) is 6.54 Å². The molecule has 2 rings (SSSR count). The van der Waals surface area contributed by atoms with E-state index in [1.165, 1.54) is 12.1 Å². The van der Waals surface area contributed by atoms with Gasteiger partial charge >= 0.3 is 6.03 Å². The lowest BCUT2D eigenvalue weighted by Gasteiger charge is -2.36. The van der Waals surface area contributed by atoms with Crippen molar-refractivity contribution in [2.24, 2.45) is 0 Å². The lowest BCUT2D eigenvalue weighted by atomic mass is 9.80. The highest BCUT2D eigenvalue weighted by Crippen LogP contribution is 2.30. The maximum atomic E-state index is 13.2. The van der Waals surface area contributed by atoms with Crippen LogP contribution in [0.15, 0.2) is 24.3 Å².